The zero-order valence-electron chi connectivity index (χ0n) is 10.7. The minimum absolute atomic E-state index is 0.0631. The van der Waals surface area contributed by atoms with Gasteiger partial charge in [0.25, 0.3) is 0 Å². The molecule has 0 fully saturated rings. The number of aromatic nitrogens is 3. The number of hydrogen-bond acceptors (Lipinski definition) is 4. The summed E-state index contributed by atoms with van der Waals surface area (Å²) < 4.78 is 1.63. The normalized spacial score (nSPS) is 11.6. The first-order valence-electron chi connectivity index (χ1n) is 5.77. The van der Waals surface area contributed by atoms with Gasteiger partial charge in [0.05, 0.1) is 17.6 Å². The Labute approximate surface area is 106 Å². The zero-order valence-corrected chi connectivity index (χ0v) is 10.7. The quantitative estimate of drug-likeness (QED) is 0.744. The summed E-state index contributed by atoms with van der Waals surface area (Å²) >= 11 is 0. The van der Waals surface area contributed by atoms with Gasteiger partial charge < -0.3 is 10.0 Å². The van der Waals surface area contributed by atoms with Crippen LogP contribution in [-0.4, -0.2) is 32.2 Å². The molecule has 2 N–H and O–H groups in total. The molecule has 1 aromatic carbocycles. The summed E-state index contributed by atoms with van der Waals surface area (Å²) in [4.78, 5) is 0. The van der Waals surface area contributed by atoms with Crippen molar-refractivity contribution in [3.63, 3.8) is 0 Å². The second-order valence-electron chi connectivity index (χ2n) is 5.27. The molecule has 0 aliphatic carbocycles. The molecule has 0 aliphatic heterocycles. The van der Waals surface area contributed by atoms with Crippen LogP contribution in [0.15, 0.2) is 30.5 Å². The Morgan fingerprint density at radius 3 is 2.50 bits per heavy atom. The number of hydrogen-bond donors (Lipinski definition) is 2. The highest BCUT2D eigenvalue weighted by molar-refractivity contribution is 6.58. The fourth-order valence-electron chi connectivity index (χ4n) is 1.56. The molecule has 2 aromatic rings. The highest BCUT2D eigenvalue weighted by Crippen LogP contribution is 2.19. The molecule has 2 rings (SSSR count). The third-order valence-electron chi connectivity index (χ3n) is 2.69. The van der Waals surface area contributed by atoms with E-state index in [-0.39, 0.29) is 5.41 Å². The van der Waals surface area contributed by atoms with Crippen molar-refractivity contribution in [2.75, 3.05) is 0 Å². The van der Waals surface area contributed by atoms with Gasteiger partial charge in [-0.2, -0.15) is 0 Å². The van der Waals surface area contributed by atoms with Gasteiger partial charge >= 0.3 is 7.12 Å². The molecule has 0 saturated carbocycles. The highest BCUT2D eigenvalue weighted by Gasteiger charge is 2.18. The molecule has 0 unspecified atom stereocenters. The van der Waals surface area contributed by atoms with Crippen LogP contribution in [0.4, 0.5) is 0 Å². The van der Waals surface area contributed by atoms with Gasteiger partial charge in [-0.15, -0.1) is 5.10 Å². The van der Waals surface area contributed by atoms with Crippen LogP contribution in [-0.2, 0) is 5.41 Å². The van der Waals surface area contributed by atoms with Gasteiger partial charge in [-0.05, 0) is 17.6 Å². The van der Waals surface area contributed by atoms with Gasteiger partial charge in [0.1, 0.15) is 0 Å². The van der Waals surface area contributed by atoms with Crippen molar-refractivity contribution in [1.82, 2.24) is 15.0 Å². The van der Waals surface area contributed by atoms with E-state index in [0.717, 1.165) is 11.4 Å². The van der Waals surface area contributed by atoms with E-state index in [1.807, 2.05) is 12.3 Å². The molecular weight excluding hydrogens is 229 g/mol. The van der Waals surface area contributed by atoms with Gasteiger partial charge in [-0.1, -0.05) is 38.1 Å². The van der Waals surface area contributed by atoms with Gasteiger partial charge in [0.15, 0.2) is 0 Å². The third-order valence-corrected chi connectivity index (χ3v) is 2.69. The molecule has 0 bridgehead atoms. The average molecular weight is 245 g/mol. The van der Waals surface area contributed by atoms with E-state index in [1.165, 1.54) is 0 Å². The van der Waals surface area contributed by atoms with Crippen molar-refractivity contribution in [3.8, 4) is 5.69 Å². The summed E-state index contributed by atoms with van der Waals surface area (Å²) in [5.41, 5.74) is 2.01. The van der Waals surface area contributed by atoms with Crippen LogP contribution >= 0.6 is 0 Å². The van der Waals surface area contributed by atoms with Crippen LogP contribution in [0.5, 0.6) is 0 Å². The number of benzene rings is 1. The average Bonchev–Trinajstić information content (AvgIpc) is 2.78. The topological polar surface area (TPSA) is 71.2 Å². The first-order valence-corrected chi connectivity index (χ1v) is 5.77. The molecule has 0 saturated heterocycles. The lowest BCUT2D eigenvalue weighted by Crippen LogP contribution is -2.29. The van der Waals surface area contributed by atoms with Gasteiger partial charge in [0, 0.05) is 5.41 Å². The maximum Gasteiger partial charge on any atom is 0.488 e. The third kappa shape index (κ3) is 2.60. The summed E-state index contributed by atoms with van der Waals surface area (Å²) in [5, 5.41) is 26.5. The van der Waals surface area contributed by atoms with E-state index < -0.39 is 7.12 Å². The fraction of sp³-hybridized carbons (Fsp3) is 0.333. The largest absolute Gasteiger partial charge is 0.488 e. The SMILES string of the molecule is CC(C)(C)c1cn(-c2cccc(B(O)O)c2)nn1. The van der Waals surface area contributed by atoms with Crippen LogP contribution in [0.25, 0.3) is 5.69 Å². The predicted molar refractivity (Wildman–Crippen MR) is 69.9 cm³/mol. The van der Waals surface area contributed by atoms with Crippen LogP contribution in [0.1, 0.15) is 26.5 Å². The molecule has 6 heteroatoms. The molecule has 1 aromatic heterocycles. The molecule has 0 spiro atoms. The minimum atomic E-state index is -1.48. The van der Waals surface area contributed by atoms with Crippen LogP contribution in [0, 0.1) is 0 Å². The van der Waals surface area contributed by atoms with Gasteiger partial charge in [-0.25, -0.2) is 4.68 Å². The minimum Gasteiger partial charge on any atom is -0.423 e. The maximum atomic E-state index is 9.14. The Kier molecular flexibility index (Phi) is 3.23. The summed E-state index contributed by atoms with van der Waals surface area (Å²) in [6, 6.07) is 6.91. The monoisotopic (exact) mass is 245 g/mol. The van der Waals surface area contributed by atoms with E-state index in [0.29, 0.717) is 5.46 Å². The molecule has 18 heavy (non-hydrogen) atoms. The Hall–Kier alpha value is -1.66. The van der Waals surface area contributed by atoms with Crippen molar-refractivity contribution in [3.05, 3.63) is 36.2 Å². The molecule has 0 radical (unpaired) electrons. The Bertz CT molecular complexity index is 546. The molecule has 0 aliphatic rings. The van der Waals surface area contributed by atoms with Gasteiger partial charge in [0.2, 0.25) is 0 Å². The molecule has 5 nitrogen and oxygen atoms in total. The first kappa shape index (κ1) is 12.8. The van der Waals surface area contributed by atoms with E-state index in [4.69, 9.17) is 10.0 Å². The summed E-state index contributed by atoms with van der Waals surface area (Å²) in [7, 11) is -1.48. The summed E-state index contributed by atoms with van der Waals surface area (Å²) in [6.45, 7) is 6.19. The summed E-state index contributed by atoms with van der Waals surface area (Å²) in [6.07, 6.45) is 1.85. The van der Waals surface area contributed by atoms with Crippen molar-refractivity contribution in [2.24, 2.45) is 0 Å². The van der Waals surface area contributed by atoms with E-state index >= 15 is 0 Å². The van der Waals surface area contributed by atoms with Crippen molar-refractivity contribution >= 4 is 12.6 Å². The van der Waals surface area contributed by atoms with Crippen molar-refractivity contribution in [1.29, 1.82) is 0 Å². The maximum absolute atomic E-state index is 9.14. The van der Waals surface area contributed by atoms with Crippen LogP contribution < -0.4 is 5.46 Å². The molecule has 0 amide bonds. The van der Waals surface area contributed by atoms with E-state index in [9.17, 15) is 0 Å². The number of rotatable bonds is 2. The lowest BCUT2D eigenvalue weighted by atomic mass is 9.80. The van der Waals surface area contributed by atoms with Crippen molar-refractivity contribution < 1.29 is 10.0 Å². The van der Waals surface area contributed by atoms with Gasteiger partial charge in [-0.3, -0.25) is 0 Å². The fourth-order valence-corrected chi connectivity index (χ4v) is 1.56. The Morgan fingerprint density at radius 2 is 1.94 bits per heavy atom. The Balaban J connectivity index is 2.37. The second kappa shape index (κ2) is 4.55. The zero-order chi connectivity index (χ0) is 13.3. The van der Waals surface area contributed by atoms with E-state index in [1.54, 1.807) is 22.9 Å². The van der Waals surface area contributed by atoms with E-state index in [2.05, 4.69) is 31.1 Å². The first-order chi connectivity index (χ1) is 8.38. The standard InChI is InChI=1S/C12H16BN3O2/c1-12(2,3)11-8-16(15-14-11)10-6-4-5-9(7-10)13(17)18/h4-8,17-18H,1-3H3. The molecule has 1 heterocycles. The smallest absolute Gasteiger partial charge is 0.423 e. The predicted octanol–water partition coefficient (Wildman–Crippen LogP) is 0.245. The molecule has 94 valence electrons. The van der Waals surface area contributed by atoms with Crippen LogP contribution in [0.2, 0.25) is 0 Å². The molecular formula is C12H16BN3O2. The Morgan fingerprint density at radius 1 is 1.22 bits per heavy atom. The number of nitrogens with zero attached hydrogens (tertiary/aromatic N) is 3. The lowest BCUT2D eigenvalue weighted by molar-refractivity contribution is 0.425. The molecule has 0 atom stereocenters. The second-order valence-corrected chi connectivity index (χ2v) is 5.27. The lowest BCUT2D eigenvalue weighted by Gasteiger charge is -2.12. The summed E-state index contributed by atoms with van der Waals surface area (Å²) in [5.74, 6) is 0. The van der Waals surface area contributed by atoms with Crippen LogP contribution in [0.3, 0.4) is 0 Å². The van der Waals surface area contributed by atoms with Crippen molar-refractivity contribution in [2.45, 2.75) is 26.2 Å². The highest BCUT2D eigenvalue weighted by atomic mass is 16.4.